The normalized spacial score (nSPS) is 10.7. The van der Waals surface area contributed by atoms with Gasteiger partial charge in [-0.15, -0.1) is 0 Å². The lowest BCUT2D eigenvalue weighted by Crippen LogP contribution is -2.04. The molecule has 0 aliphatic carbocycles. The highest BCUT2D eigenvalue weighted by molar-refractivity contribution is 5.89. The molecule has 0 bridgehead atoms. The standard InChI is InChI=1S/C16H17N5O/c1-9-8-10(2)18-15-13(9)14(17)20-16(21-15)19-11-4-6-12(22-3)7-5-11/h4-8H,1-3H3,(H3,17,18,19,20,21). The van der Waals surface area contributed by atoms with E-state index in [1.165, 1.54) is 0 Å². The van der Waals surface area contributed by atoms with Gasteiger partial charge in [0.2, 0.25) is 5.95 Å². The summed E-state index contributed by atoms with van der Waals surface area (Å²) in [5.41, 5.74) is 9.43. The molecule has 2 aromatic heterocycles. The smallest absolute Gasteiger partial charge is 0.231 e. The van der Waals surface area contributed by atoms with Crippen LogP contribution in [0.2, 0.25) is 0 Å². The lowest BCUT2D eigenvalue weighted by molar-refractivity contribution is 0.415. The summed E-state index contributed by atoms with van der Waals surface area (Å²) in [5, 5.41) is 3.93. The van der Waals surface area contributed by atoms with Crippen LogP contribution in [0.25, 0.3) is 11.0 Å². The number of aromatic nitrogens is 3. The molecular weight excluding hydrogens is 278 g/mol. The zero-order chi connectivity index (χ0) is 15.7. The minimum atomic E-state index is 0.422. The Kier molecular flexibility index (Phi) is 3.50. The molecule has 0 fully saturated rings. The fourth-order valence-corrected chi connectivity index (χ4v) is 2.37. The summed E-state index contributed by atoms with van der Waals surface area (Å²) in [6, 6.07) is 9.46. The Bertz CT molecular complexity index is 830. The van der Waals surface area contributed by atoms with Crippen LogP contribution >= 0.6 is 0 Å². The third-order valence-corrected chi connectivity index (χ3v) is 3.37. The van der Waals surface area contributed by atoms with E-state index in [4.69, 9.17) is 10.5 Å². The second-order valence-corrected chi connectivity index (χ2v) is 5.07. The van der Waals surface area contributed by atoms with Gasteiger partial charge in [0.25, 0.3) is 0 Å². The molecule has 0 amide bonds. The number of fused-ring (bicyclic) bond motifs is 1. The van der Waals surface area contributed by atoms with E-state index in [1.807, 2.05) is 44.2 Å². The van der Waals surface area contributed by atoms with Crippen molar-refractivity contribution in [2.24, 2.45) is 0 Å². The average Bonchev–Trinajstić information content (AvgIpc) is 2.46. The summed E-state index contributed by atoms with van der Waals surface area (Å²) >= 11 is 0. The van der Waals surface area contributed by atoms with E-state index in [0.717, 1.165) is 28.1 Å². The number of rotatable bonds is 3. The van der Waals surface area contributed by atoms with E-state index in [0.29, 0.717) is 17.4 Å². The highest BCUT2D eigenvalue weighted by atomic mass is 16.5. The van der Waals surface area contributed by atoms with E-state index < -0.39 is 0 Å². The number of aryl methyl sites for hydroxylation is 2. The summed E-state index contributed by atoms with van der Waals surface area (Å²) < 4.78 is 5.13. The summed E-state index contributed by atoms with van der Waals surface area (Å²) in [4.78, 5) is 13.2. The first-order chi connectivity index (χ1) is 10.6. The molecule has 22 heavy (non-hydrogen) atoms. The zero-order valence-corrected chi connectivity index (χ0v) is 12.7. The number of anilines is 3. The van der Waals surface area contributed by atoms with Crippen LogP contribution in [0, 0.1) is 13.8 Å². The topological polar surface area (TPSA) is 86.0 Å². The first-order valence-corrected chi connectivity index (χ1v) is 6.89. The molecule has 1 aromatic carbocycles. The van der Waals surface area contributed by atoms with Crippen LogP contribution in [0.5, 0.6) is 5.75 Å². The van der Waals surface area contributed by atoms with Crippen molar-refractivity contribution >= 4 is 28.5 Å². The largest absolute Gasteiger partial charge is 0.497 e. The van der Waals surface area contributed by atoms with Crippen LogP contribution in [0.15, 0.2) is 30.3 Å². The number of nitrogens with one attached hydrogen (secondary N) is 1. The highest BCUT2D eigenvalue weighted by Gasteiger charge is 2.10. The van der Waals surface area contributed by atoms with Crippen molar-refractivity contribution in [3.63, 3.8) is 0 Å². The summed E-state index contributed by atoms with van der Waals surface area (Å²) in [5.74, 6) is 1.64. The SMILES string of the molecule is COc1ccc(Nc2nc(N)c3c(C)cc(C)nc3n2)cc1. The van der Waals surface area contributed by atoms with Gasteiger partial charge in [-0.1, -0.05) is 0 Å². The molecule has 6 heteroatoms. The van der Waals surface area contributed by atoms with Crippen LogP contribution in [0.4, 0.5) is 17.5 Å². The monoisotopic (exact) mass is 295 g/mol. The Morgan fingerprint density at radius 1 is 1.05 bits per heavy atom. The molecule has 0 aliphatic heterocycles. The molecule has 0 radical (unpaired) electrons. The number of pyridine rings is 1. The van der Waals surface area contributed by atoms with Gasteiger partial charge in [-0.05, 0) is 49.7 Å². The van der Waals surface area contributed by atoms with Crippen molar-refractivity contribution in [1.82, 2.24) is 15.0 Å². The van der Waals surface area contributed by atoms with E-state index in [-0.39, 0.29) is 0 Å². The number of benzene rings is 1. The van der Waals surface area contributed by atoms with Crippen molar-refractivity contribution in [1.29, 1.82) is 0 Å². The van der Waals surface area contributed by atoms with Crippen LogP contribution in [0.1, 0.15) is 11.3 Å². The molecular formula is C16H17N5O. The van der Waals surface area contributed by atoms with Gasteiger partial charge < -0.3 is 15.8 Å². The summed E-state index contributed by atoms with van der Waals surface area (Å²) in [6.07, 6.45) is 0. The van der Waals surface area contributed by atoms with Gasteiger partial charge in [-0.25, -0.2) is 4.98 Å². The van der Waals surface area contributed by atoms with E-state index >= 15 is 0 Å². The lowest BCUT2D eigenvalue weighted by atomic mass is 10.1. The van der Waals surface area contributed by atoms with Crippen molar-refractivity contribution in [3.05, 3.63) is 41.6 Å². The number of nitrogen functional groups attached to an aromatic ring is 1. The van der Waals surface area contributed by atoms with E-state index in [1.54, 1.807) is 7.11 Å². The summed E-state index contributed by atoms with van der Waals surface area (Å²) in [6.45, 7) is 3.91. The fourth-order valence-electron chi connectivity index (χ4n) is 2.37. The van der Waals surface area contributed by atoms with Crippen molar-refractivity contribution < 1.29 is 4.74 Å². The van der Waals surface area contributed by atoms with Crippen LogP contribution in [-0.2, 0) is 0 Å². The van der Waals surface area contributed by atoms with Gasteiger partial charge in [-0.3, -0.25) is 0 Å². The number of methoxy groups -OCH3 is 1. The van der Waals surface area contributed by atoms with Gasteiger partial charge in [-0.2, -0.15) is 9.97 Å². The molecule has 0 unspecified atom stereocenters. The minimum Gasteiger partial charge on any atom is -0.497 e. The van der Waals surface area contributed by atoms with Crippen molar-refractivity contribution in [3.8, 4) is 5.75 Å². The Morgan fingerprint density at radius 3 is 2.45 bits per heavy atom. The molecule has 0 spiro atoms. The second kappa shape index (κ2) is 5.48. The lowest BCUT2D eigenvalue weighted by Gasteiger charge is -2.10. The maximum atomic E-state index is 6.06. The number of hydrogen-bond acceptors (Lipinski definition) is 6. The molecule has 112 valence electrons. The molecule has 3 aromatic rings. The molecule has 0 saturated carbocycles. The van der Waals surface area contributed by atoms with E-state index in [9.17, 15) is 0 Å². The first kappa shape index (κ1) is 14.1. The predicted molar refractivity (Wildman–Crippen MR) is 87.5 cm³/mol. The number of nitrogens with two attached hydrogens (primary N) is 1. The molecule has 0 atom stereocenters. The minimum absolute atomic E-state index is 0.422. The molecule has 3 N–H and O–H groups in total. The number of hydrogen-bond donors (Lipinski definition) is 2. The van der Waals surface area contributed by atoms with E-state index in [2.05, 4.69) is 20.3 Å². The molecule has 0 aliphatic rings. The third-order valence-electron chi connectivity index (χ3n) is 3.37. The predicted octanol–water partition coefficient (Wildman–Crippen LogP) is 2.98. The average molecular weight is 295 g/mol. The van der Waals surface area contributed by atoms with Crippen molar-refractivity contribution in [2.75, 3.05) is 18.2 Å². The maximum Gasteiger partial charge on any atom is 0.231 e. The fraction of sp³-hybridized carbons (Fsp3) is 0.188. The van der Waals surface area contributed by atoms with Gasteiger partial charge in [0.1, 0.15) is 11.6 Å². The number of ether oxygens (including phenoxy) is 1. The Hall–Kier alpha value is -2.89. The van der Waals surface area contributed by atoms with Gasteiger partial charge in [0, 0.05) is 11.4 Å². The second-order valence-electron chi connectivity index (χ2n) is 5.07. The van der Waals surface area contributed by atoms with Gasteiger partial charge >= 0.3 is 0 Å². The third kappa shape index (κ3) is 2.63. The Morgan fingerprint density at radius 2 is 1.77 bits per heavy atom. The zero-order valence-electron chi connectivity index (χ0n) is 12.7. The van der Waals surface area contributed by atoms with Crippen molar-refractivity contribution in [2.45, 2.75) is 13.8 Å². The highest BCUT2D eigenvalue weighted by Crippen LogP contribution is 2.24. The summed E-state index contributed by atoms with van der Waals surface area (Å²) in [7, 11) is 1.63. The molecule has 3 rings (SSSR count). The van der Waals surface area contributed by atoms with Crippen LogP contribution in [-0.4, -0.2) is 22.1 Å². The first-order valence-electron chi connectivity index (χ1n) is 6.89. The molecule has 2 heterocycles. The number of nitrogens with zero attached hydrogens (tertiary/aromatic N) is 3. The Labute approximate surface area is 128 Å². The van der Waals surface area contributed by atoms with Crippen LogP contribution < -0.4 is 15.8 Å². The van der Waals surface area contributed by atoms with Crippen LogP contribution in [0.3, 0.4) is 0 Å². The maximum absolute atomic E-state index is 6.06. The molecule has 6 nitrogen and oxygen atoms in total. The molecule has 0 saturated heterocycles. The quantitative estimate of drug-likeness (QED) is 0.772. The van der Waals surface area contributed by atoms with Gasteiger partial charge in [0.15, 0.2) is 5.65 Å². The Balaban J connectivity index is 2.00. The van der Waals surface area contributed by atoms with Gasteiger partial charge in [0.05, 0.1) is 12.5 Å².